The van der Waals surface area contributed by atoms with E-state index < -0.39 is 5.41 Å². The van der Waals surface area contributed by atoms with Crippen molar-refractivity contribution in [2.75, 3.05) is 9.80 Å². The summed E-state index contributed by atoms with van der Waals surface area (Å²) < 4.78 is 0. The summed E-state index contributed by atoms with van der Waals surface area (Å²) >= 11 is 0. The van der Waals surface area contributed by atoms with Crippen LogP contribution in [0.2, 0.25) is 0 Å². The second-order valence-electron chi connectivity index (χ2n) is 41.8. The minimum absolute atomic E-state index is 0.175. The molecule has 0 saturated heterocycles. The predicted octanol–water partition coefficient (Wildman–Crippen LogP) is 40.7. The van der Waals surface area contributed by atoms with E-state index >= 15 is 0 Å². The molecule has 1 atom stereocenters. The van der Waals surface area contributed by atoms with Gasteiger partial charge in [0.2, 0.25) is 0 Å². The van der Waals surface area contributed by atoms with Gasteiger partial charge in [-0.3, -0.25) is 0 Å². The van der Waals surface area contributed by atoms with Crippen molar-refractivity contribution in [2.24, 2.45) is 0 Å². The molecule has 0 fully saturated rings. The molecule has 720 valence electrons. The molecule has 0 radical (unpaired) electrons. The van der Waals surface area contributed by atoms with Crippen molar-refractivity contribution in [3.63, 3.8) is 0 Å². The third-order valence-corrected chi connectivity index (χ3v) is 31.9. The van der Waals surface area contributed by atoms with Crippen LogP contribution in [0.15, 0.2) is 328 Å². The Kier molecular flexibility index (Phi) is 34.2. The SMILES string of the molecule is C=C/C=C\CCCC1(c2ccc(CCCCCC)cc2)c2cc(C)ccc2-c2ccc(-c3ccc(N(c4ccc(-c5ccc6c(c5)C(CCCCCCCC)(CCCCCCCC)c5cc(-c7ccc8c(c7)C(c7cccc(CCCCCC)c7)(c7cccc(CCCCCC)c7)c7cc(C)ccc7-8)ccc5-6)cc4)c4ccc(N(c5ccc(CCCC)cc5)c5ccc(CCCC)cc5)cc4)cc3)cc21. The molecule has 0 N–H and O–H groups in total. The van der Waals surface area contributed by atoms with Gasteiger partial charge in [0.25, 0.3) is 0 Å². The standard InChI is InChI=1S/C138H158N2/c1-11-19-27-33-36-41-91-136(92-42-37-34-28-20-12-2)130-98-111(67-87-124(130)125-88-69-113(99-131(125)136)114-70-90-129-128-86-56-103(10)95-134(128)138(135(129)101-114,116-53-44-51-107(96-116)49-39-31-23-15-5)117-54-45-52-108(97-117)50-40-32-24-16-6)109-63-77-120(78-64-109)140(123-83-81-122(82-84-123)139(118-73-59-104(60-74-118)46-25-17-7)119-75-61-105(62-76-119)47-26-18-8)121-79-65-110(66-80-121)112-68-89-127-126-85-55-102(9)94-132(126)137(133(127)100-112,93-43-35-29-21-13-3)115-71-57-106(58-72-115)48-38-30-22-14-4/h13,21,29,44-45,51-90,94-101H,3,11-12,14-20,22-28,30-43,46-50,91-93H2,1-2,4-10H3/b29-21-. The van der Waals surface area contributed by atoms with Gasteiger partial charge in [0.05, 0.1) is 5.41 Å². The lowest BCUT2D eigenvalue weighted by Gasteiger charge is -2.35. The second-order valence-corrected chi connectivity index (χ2v) is 41.8. The molecule has 0 spiro atoms. The van der Waals surface area contributed by atoms with Crippen molar-refractivity contribution in [2.45, 2.75) is 323 Å². The monoisotopic (exact) mass is 1840 g/mol. The lowest BCUT2D eigenvalue weighted by Crippen LogP contribution is -2.29. The van der Waals surface area contributed by atoms with Crippen LogP contribution in [0.5, 0.6) is 0 Å². The lowest BCUT2D eigenvalue weighted by molar-refractivity contribution is 0.398. The third-order valence-electron chi connectivity index (χ3n) is 31.9. The van der Waals surface area contributed by atoms with E-state index in [4.69, 9.17) is 0 Å². The van der Waals surface area contributed by atoms with Crippen LogP contribution in [0.1, 0.15) is 349 Å². The molecule has 3 aliphatic rings. The predicted molar refractivity (Wildman–Crippen MR) is 607 cm³/mol. The Balaban J connectivity index is 0.769. The van der Waals surface area contributed by atoms with E-state index in [1.54, 1.807) is 0 Å². The van der Waals surface area contributed by atoms with Crippen LogP contribution < -0.4 is 9.80 Å². The number of hydrogen-bond donors (Lipinski definition) is 0. The highest BCUT2D eigenvalue weighted by Gasteiger charge is 2.49. The zero-order valence-electron chi connectivity index (χ0n) is 86.6. The molecule has 1 unspecified atom stereocenters. The van der Waals surface area contributed by atoms with Crippen LogP contribution in [0.4, 0.5) is 34.1 Å². The number of allylic oxidation sites excluding steroid dienone is 3. The van der Waals surface area contributed by atoms with E-state index in [1.165, 1.54) is 336 Å². The number of aryl methyl sites for hydroxylation is 7. The van der Waals surface area contributed by atoms with Crippen molar-refractivity contribution in [3.05, 3.63) is 417 Å². The fourth-order valence-corrected chi connectivity index (χ4v) is 24.2. The van der Waals surface area contributed by atoms with Gasteiger partial charge in [-0.2, -0.15) is 0 Å². The van der Waals surface area contributed by atoms with E-state index in [9.17, 15) is 0 Å². The summed E-state index contributed by atoms with van der Waals surface area (Å²) in [7, 11) is 0. The lowest BCUT2D eigenvalue weighted by atomic mass is 9.66. The Bertz CT molecular complexity index is 6310. The molecule has 17 rings (SSSR count). The zero-order chi connectivity index (χ0) is 96.6. The minimum Gasteiger partial charge on any atom is -0.311 e. The van der Waals surface area contributed by atoms with Crippen molar-refractivity contribution < 1.29 is 0 Å². The smallest absolute Gasteiger partial charge is 0.0714 e. The maximum Gasteiger partial charge on any atom is 0.0714 e. The average Bonchev–Trinajstić information content (AvgIpc) is 1.54. The van der Waals surface area contributed by atoms with E-state index in [1.807, 2.05) is 6.08 Å². The van der Waals surface area contributed by atoms with Gasteiger partial charge >= 0.3 is 0 Å². The van der Waals surface area contributed by atoms with Crippen molar-refractivity contribution in [1.82, 2.24) is 0 Å². The van der Waals surface area contributed by atoms with Gasteiger partial charge in [0.1, 0.15) is 0 Å². The van der Waals surface area contributed by atoms with Crippen molar-refractivity contribution in [1.29, 1.82) is 0 Å². The van der Waals surface area contributed by atoms with Gasteiger partial charge in [-0.15, -0.1) is 0 Å². The maximum atomic E-state index is 4.04. The van der Waals surface area contributed by atoms with Crippen LogP contribution in [0, 0.1) is 13.8 Å². The third kappa shape index (κ3) is 21.9. The fraction of sp³-hybridized carbons (Fsp3) is 0.362. The Morgan fingerprint density at radius 2 is 0.536 bits per heavy atom. The number of unbranched alkanes of at least 4 members (excludes halogenated alkanes) is 22. The van der Waals surface area contributed by atoms with Gasteiger partial charge in [-0.05, 0) is 352 Å². The number of nitrogens with zero attached hydrogens (tertiary/aromatic N) is 2. The molecule has 0 bridgehead atoms. The normalized spacial score (nSPS) is 14.0. The molecule has 0 aliphatic heterocycles. The van der Waals surface area contributed by atoms with Crippen LogP contribution in [-0.2, 0) is 48.3 Å². The van der Waals surface area contributed by atoms with E-state index in [-0.39, 0.29) is 10.8 Å². The fourth-order valence-electron chi connectivity index (χ4n) is 24.2. The quantitative estimate of drug-likeness (QED) is 0.0277. The highest BCUT2D eigenvalue weighted by Crippen LogP contribution is 2.61. The molecule has 14 aromatic carbocycles. The molecular weight excluding hydrogens is 1690 g/mol. The number of anilines is 6. The molecule has 0 aromatic heterocycles. The molecule has 0 amide bonds. The summed E-state index contributed by atoms with van der Waals surface area (Å²) in [5, 5.41) is 0. The van der Waals surface area contributed by atoms with Crippen LogP contribution in [-0.4, -0.2) is 0 Å². The summed E-state index contributed by atoms with van der Waals surface area (Å²) in [5.74, 6) is 0. The Morgan fingerprint density at radius 3 is 0.950 bits per heavy atom. The second kappa shape index (κ2) is 48.1. The first kappa shape index (κ1) is 99.7. The summed E-state index contributed by atoms with van der Waals surface area (Å²) in [6.45, 7) is 24.9. The Labute approximate surface area is 844 Å². The number of fused-ring (bicyclic) bond motifs is 9. The van der Waals surface area contributed by atoms with Gasteiger partial charge in [0.15, 0.2) is 0 Å². The minimum atomic E-state index is -0.522. The largest absolute Gasteiger partial charge is 0.311 e. The van der Waals surface area contributed by atoms with Crippen LogP contribution in [0.25, 0.3) is 66.8 Å². The average molecular weight is 1840 g/mol. The molecule has 0 saturated carbocycles. The first-order valence-corrected chi connectivity index (χ1v) is 55.4. The van der Waals surface area contributed by atoms with Crippen LogP contribution in [0.3, 0.4) is 0 Å². The topological polar surface area (TPSA) is 6.48 Å². The Hall–Kier alpha value is -11.8. The van der Waals surface area contributed by atoms with Gasteiger partial charge in [-0.1, -0.05) is 438 Å². The molecule has 2 heteroatoms. The summed E-state index contributed by atoms with van der Waals surface area (Å²) in [6.07, 6.45) is 52.1. The molecule has 140 heavy (non-hydrogen) atoms. The van der Waals surface area contributed by atoms with Gasteiger partial charge in [0, 0.05) is 45.0 Å². The number of benzene rings is 14. The zero-order valence-corrected chi connectivity index (χ0v) is 86.6. The first-order chi connectivity index (χ1) is 68.9. The molecule has 2 nitrogen and oxygen atoms in total. The highest BCUT2D eigenvalue weighted by atomic mass is 15.2. The van der Waals surface area contributed by atoms with Gasteiger partial charge in [-0.25, -0.2) is 0 Å². The first-order valence-electron chi connectivity index (χ1n) is 55.4. The van der Waals surface area contributed by atoms with Crippen molar-refractivity contribution >= 4 is 34.1 Å². The number of rotatable bonds is 52. The number of hydrogen-bond acceptors (Lipinski definition) is 2. The molecule has 14 aromatic rings. The summed E-state index contributed by atoms with van der Waals surface area (Å²) in [4.78, 5) is 4.95. The Morgan fingerprint density at radius 1 is 0.236 bits per heavy atom. The van der Waals surface area contributed by atoms with Crippen molar-refractivity contribution in [3.8, 4) is 66.8 Å². The van der Waals surface area contributed by atoms with E-state index in [0.717, 1.165) is 98.3 Å². The maximum absolute atomic E-state index is 4.04. The highest BCUT2D eigenvalue weighted by molar-refractivity contribution is 5.93. The molecular formula is C138H158N2. The summed E-state index contributed by atoms with van der Waals surface area (Å²) in [6, 6.07) is 122. The van der Waals surface area contributed by atoms with E-state index in [2.05, 4.69) is 394 Å². The molecule has 3 aliphatic carbocycles. The van der Waals surface area contributed by atoms with E-state index in [0.29, 0.717) is 0 Å². The van der Waals surface area contributed by atoms with Crippen LogP contribution >= 0.6 is 0 Å². The van der Waals surface area contributed by atoms with Gasteiger partial charge < -0.3 is 9.80 Å². The summed E-state index contributed by atoms with van der Waals surface area (Å²) in [5.41, 5.74) is 44.2. The molecule has 0 heterocycles.